The van der Waals surface area contributed by atoms with E-state index in [1.165, 1.54) is 6.08 Å². The topological polar surface area (TPSA) is 67.4 Å². The second-order valence-electron chi connectivity index (χ2n) is 6.97. The molecule has 1 heterocycles. The molecule has 146 valence electrons. The van der Waals surface area contributed by atoms with Gasteiger partial charge in [-0.25, -0.2) is 0 Å². The van der Waals surface area contributed by atoms with Crippen LogP contribution in [0, 0.1) is 0 Å². The lowest BCUT2D eigenvalue weighted by Gasteiger charge is -2.21. The molecule has 3 aromatic rings. The van der Waals surface area contributed by atoms with Crippen molar-refractivity contribution in [1.82, 2.24) is 10.6 Å². The Kier molecular flexibility index (Phi) is 5.29. The van der Waals surface area contributed by atoms with Crippen LogP contribution in [0.25, 0.3) is 10.8 Å². The number of ether oxygens (including phenoxy) is 1. The summed E-state index contributed by atoms with van der Waals surface area (Å²) in [6.07, 6.45) is 2.02. The number of carbonyl (C=O) groups is 2. The maximum absolute atomic E-state index is 13.0. The molecule has 2 amide bonds. The molecule has 0 saturated heterocycles. The lowest BCUT2D eigenvalue weighted by atomic mass is 10.0. The first-order valence-electron chi connectivity index (χ1n) is 9.60. The van der Waals surface area contributed by atoms with Gasteiger partial charge in [0.15, 0.2) is 0 Å². The SMILES string of the molecule is C=CC(=O)NCC(NC(=O)c1cccc2c1OCC2)c1ccc2ccccc2c1. The standard InChI is InChI=1S/C24H22N2O3/c1-2-22(27)25-15-21(19-11-10-16-6-3-4-7-18(16)14-19)26-24(28)20-9-5-8-17-12-13-29-23(17)20/h2-11,14,21H,1,12-13,15H2,(H,25,27)(H,26,28). The highest BCUT2D eigenvalue weighted by Crippen LogP contribution is 2.30. The zero-order valence-corrected chi connectivity index (χ0v) is 16.0. The summed E-state index contributed by atoms with van der Waals surface area (Å²) >= 11 is 0. The molecule has 0 radical (unpaired) electrons. The minimum atomic E-state index is -0.395. The van der Waals surface area contributed by atoms with Gasteiger partial charge in [0.2, 0.25) is 5.91 Å². The summed E-state index contributed by atoms with van der Waals surface area (Å²) in [6, 6.07) is 19.3. The van der Waals surface area contributed by atoms with Crippen LogP contribution in [0.15, 0.2) is 73.3 Å². The molecule has 29 heavy (non-hydrogen) atoms. The molecule has 0 saturated carbocycles. The minimum Gasteiger partial charge on any atom is -0.492 e. The molecule has 0 aliphatic carbocycles. The summed E-state index contributed by atoms with van der Waals surface area (Å²) in [7, 11) is 0. The number of hydrogen-bond donors (Lipinski definition) is 2. The van der Waals surface area contributed by atoms with Crippen molar-refractivity contribution in [3.05, 3.63) is 90.0 Å². The van der Waals surface area contributed by atoms with Crippen molar-refractivity contribution in [3.8, 4) is 5.75 Å². The molecule has 2 N–H and O–H groups in total. The number of para-hydroxylation sites is 1. The van der Waals surface area contributed by atoms with Gasteiger partial charge in [-0.15, -0.1) is 0 Å². The predicted molar refractivity (Wildman–Crippen MR) is 113 cm³/mol. The van der Waals surface area contributed by atoms with E-state index in [0.717, 1.165) is 28.3 Å². The molecule has 3 aromatic carbocycles. The van der Waals surface area contributed by atoms with Gasteiger partial charge in [0, 0.05) is 13.0 Å². The third-order valence-corrected chi connectivity index (χ3v) is 5.11. The van der Waals surface area contributed by atoms with E-state index >= 15 is 0 Å². The smallest absolute Gasteiger partial charge is 0.255 e. The molecule has 0 spiro atoms. The lowest BCUT2D eigenvalue weighted by Crippen LogP contribution is -2.37. The first-order chi connectivity index (χ1) is 14.2. The van der Waals surface area contributed by atoms with Crippen molar-refractivity contribution < 1.29 is 14.3 Å². The van der Waals surface area contributed by atoms with Gasteiger partial charge in [0.05, 0.1) is 18.2 Å². The van der Waals surface area contributed by atoms with E-state index in [9.17, 15) is 9.59 Å². The number of amides is 2. The van der Waals surface area contributed by atoms with Crippen LogP contribution in [0.2, 0.25) is 0 Å². The van der Waals surface area contributed by atoms with Gasteiger partial charge >= 0.3 is 0 Å². The van der Waals surface area contributed by atoms with Crippen molar-refractivity contribution in [2.75, 3.05) is 13.2 Å². The summed E-state index contributed by atoms with van der Waals surface area (Å²) in [5, 5.41) is 8.03. The zero-order chi connectivity index (χ0) is 20.2. The quantitative estimate of drug-likeness (QED) is 0.637. The lowest BCUT2D eigenvalue weighted by molar-refractivity contribution is -0.116. The molecule has 1 aliphatic rings. The average Bonchev–Trinajstić information content (AvgIpc) is 3.24. The first kappa shape index (κ1) is 18.7. The summed E-state index contributed by atoms with van der Waals surface area (Å²) in [4.78, 5) is 24.7. The largest absolute Gasteiger partial charge is 0.492 e. The fraction of sp³-hybridized carbons (Fsp3) is 0.167. The minimum absolute atomic E-state index is 0.227. The van der Waals surface area contributed by atoms with Gasteiger partial charge in [-0.3, -0.25) is 9.59 Å². The molecule has 1 atom stereocenters. The molecular formula is C24H22N2O3. The highest BCUT2D eigenvalue weighted by Gasteiger charge is 2.23. The fourth-order valence-electron chi connectivity index (χ4n) is 3.58. The van der Waals surface area contributed by atoms with E-state index in [2.05, 4.69) is 17.2 Å². The summed E-state index contributed by atoms with van der Waals surface area (Å²) in [6.45, 7) is 4.33. The predicted octanol–water partition coefficient (Wildman–Crippen LogP) is 3.55. The Morgan fingerprint density at radius 2 is 1.90 bits per heavy atom. The number of hydrogen-bond acceptors (Lipinski definition) is 3. The normalized spacial score (nSPS) is 13.2. The number of benzene rings is 3. The van der Waals surface area contributed by atoms with Crippen LogP contribution in [0.3, 0.4) is 0 Å². The van der Waals surface area contributed by atoms with Gasteiger partial charge in [0.25, 0.3) is 5.91 Å². The number of fused-ring (bicyclic) bond motifs is 2. The van der Waals surface area contributed by atoms with Gasteiger partial charge < -0.3 is 15.4 Å². The fourth-order valence-corrected chi connectivity index (χ4v) is 3.58. The zero-order valence-electron chi connectivity index (χ0n) is 16.0. The van der Waals surface area contributed by atoms with Crippen molar-refractivity contribution >= 4 is 22.6 Å². The van der Waals surface area contributed by atoms with E-state index in [-0.39, 0.29) is 18.4 Å². The second kappa shape index (κ2) is 8.19. The van der Waals surface area contributed by atoms with E-state index in [0.29, 0.717) is 17.9 Å². The van der Waals surface area contributed by atoms with Crippen molar-refractivity contribution in [2.24, 2.45) is 0 Å². The molecule has 4 rings (SSSR count). The first-order valence-corrected chi connectivity index (χ1v) is 9.60. The Bertz CT molecular complexity index is 1090. The summed E-state index contributed by atoms with van der Waals surface area (Å²) < 4.78 is 5.67. The molecule has 5 heteroatoms. The number of nitrogens with one attached hydrogen (secondary N) is 2. The van der Waals surface area contributed by atoms with Gasteiger partial charge in [-0.1, -0.05) is 55.1 Å². The van der Waals surface area contributed by atoms with E-state index < -0.39 is 6.04 Å². The maximum Gasteiger partial charge on any atom is 0.255 e. The Hall–Kier alpha value is -3.60. The van der Waals surface area contributed by atoms with Crippen LogP contribution >= 0.6 is 0 Å². The molecule has 0 fully saturated rings. The Morgan fingerprint density at radius 3 is 2.72 bits per heavy atom. The summed E-state index contributed by atoms with van der Waals surface area (Å²) in [5.74, 6) is 0.140. The molecule has 1 unspecified atom stereocenters. The van der Waals surface area contributed by atoms with Crippen LogP contribution in [-0.2, 0) is 11.2 Å². The molecule has 5 nitrogen and oxygen atoms in total. The average molecular weight is 386 g/mol. The van der Waals surface area contributed by atoms with Crippen LogP contribution in [0.1, 0.15) is 27.5 Å². The Labute approximate surface area is 169 Å². The summed E-state index contributed by atoms with van der Waals surface area (Å²) in [5.41, 5.74) is 2.47. The third kappa shape index (κ3) is 3.99. The molecular weight excluding hydrogens is 364 g/mol. The highest BCUT2D eigenvalue weighted by atomic mass is 16.5. The van der Waals surface area contributed by atoms with Crippen molar-refractivity contribution in [2.45, 2.75) is 12.5 Å². The molecule has 1 aliphatic heterocycles. The van der Waals surface area contributed by atoms with Crippen molar-refractivity contribution in [1.29, 1.82) is 0 Å². The van der Waals surface area contributed by atoms with Crippen LogP contribution in [-0.4, -0.2) is 25.0 Å². The van der Waals surface area contributed by atoms with Crippen molar-refractivity contribution in [3.63, 3.8) is 0 Å². The van der Waals surface area contributed by atoms with E-state index in [4.69, 9.17) is 4.74 Å². The molecule has 0 bridgehead atoms. The second-order valence-corrected chi connectivity index (χ2v) is 6.97. The van der Waals surface area contributed by atoms with Gasteiger partial charge in [-0.2, -0.15) is 0 Å². The highest BCUT2D eigenvalue weighted by molar-refractivity contribution is 5.98. The van der Waals surface area contributed by atoms with Gasteiger partial charge in [0.1, 0.15) is 5.75 Å². The van der Waals surface area contributed by atoms with Gasteiger partial charge in [-0.05, 0) is 40.1 Å². The van der Waals surface area contributed by atoms with Crippen LogP contribution < -0.4 is 15.4 Å². The van der Waals surface area contributed by atoms with E-state index in [1.807, 2.05) is 54.6 Å². The maximum atomic E-state index is 13.0. The van der Waals surface area contributed by atoms with Crippen LogP contribution in [0.5, 0.6) is 5.75 Å². The third-order valence-electron chi connectivity index (χ3n) is 5.11. The monoisotopic (exact) mass is 386 g/mol. The number of rotatable bonds is 6. The van der Waals surface area contributed by atoms with E-state index in [1.54, 1.807) is 6.07 Å². The Morgan fingerprint density at radius 1 is 1.07 bits per heavy atom. The number of carbonyl (C=O) groups excluding carboxylic acids is 2. The Balaban J connectivity index is 1.63. The van der Waals surface area contributed by atoms with Crippen LogP contribution in [0.4, 0.5) is 0 Å². The molecule has 0 aromatic heterocycles.